The molecule has 1 aliphatic carbocycles. The molecule has 0 unspecified atom stereocenters. The number of aromatic nitrogens is 1. The fourth-order valence-electron chi connectivity index (χ4n) is 3.54. The summed E-state index contributed by atoms with van der Waals surface area (Å²) in [5, 5.41) is 1.01. The van der Waals surface area contributed by atoms with Crippen LogP contribution < -0.4 is 0 Å². The van der Waals surface area contributed by atoms with Crippen LogP contribution in [0.3, 0.4) is 0 Å². The van der Waals surface area contributed by atoms with Gasteiger partial charge in [0.05, 0.1) is 23.0 Å². The lowest BCUT2D eigenvalue weighted by Crippen LogP contribution is -2.36. The van der Waals surface area contributed by atoms with E-state index < -0.39 is 5.97 Å². The number of fused-ring (bicyclic) bond motifs is 2. The molecule has 2 aromatic rings. The Hall–Kier alpha value is -3.02. The number of ether oxygens (including phenoxy) is 1. The van der Waals surface area contributed by atoms with Crippen molar-refractivity contribution >= 4 is 28.7 Å². The standard InChI is InChI=1S/C20H18N2O4/c23-18(11-22-19(24)15-6-2-3-7-16(15)20(22)25)26-12-14-10-9-13-5-1-4-8-17(13)21-14/h1-5,8-10,15-16H,6-7,11-12H2/t15-,16-/m0/s1. The Balaban J connectivity index is 1.38. The number of nitrogens with zero attached hydrogens (tertiary/aromatic N) is 2. The third-order valence-electron chi connectivity index (χ3n) is 4.92. The highest BCUT2D eigenvalue weighted by Crippen LogP contribution is 2.34. The number of para-hydroxylation sites is 1. The smallest absolute Gasteiger partial charge is 0.326 e. The summed E-state index contributed by atoms with van der Waals surface area (Å²) in [5.41, 5.74) is 1.44. The molecule has 2 amide bonds. The Kier molecular flexibility index (Phi) is 4.24. The SMILES string of the molecule is O=C(CN1C(=O)[C@H]2CC=CC[C@@H]2C1=O)OCc1ccc2ccccc2n1. The van der Waals surface area contributed by atoms with Crippen molar-refractivity contribution in [2.45, 2.75) is 19.4 Å². The van der Waals surface area contributed by atoms with Crippen molar-refractivity contribution in [1.29, 1.82) is 0 Å². The maximum atomic E-state index is 12.4. The van der Waals surface area contributed by atoms with Gasteiger partial charge in [0.2, 0.25) is 11.8 Å². The molecule has 2 aliphatic rings. The molecule has 6 nitrogen and oxygen atoms in total. The molecule has 1 aromatic heterocycles. The van der Waals surface area contributed by atoms with Crippen molar-refractivity contribution in [3.63, 3.8) is 0 Å². The minimum Gasteiger partial charge on any atom is -0.458 e. The molecule has 4 rings (SSSR count). The summed E-state index contributed by atoms with van der Waals surface area (Å²) in [6.45, 7) is -0.327. The molecule has 2 heterocycles. The van der Waals surface area contributed by atoms with E-state index in [0.29, 0.717) is 18.5 Å². The van der Waals surface area contributed by atoms with Crippen LogP contribution in [0.5, 0.6) is 0 Å². The van der Waals surface area contributed by atoms with Gasteiger partial charge in [0.25, 0.3) is 0 Å². The van der Waals surface area contributed by atoms with Crippen molar-refractivity contribution in [3.8, 4) is 0 Å². The second-order valence-electron chi connectivity index (χ2n) is 6.57. The van der Waals surface area contributed by atoms with Crippen LogP contribution in [-0.2, 0) is 25.7 Å². The average molecular weight is 350 g/mol. The fourth-order valence-corrected chi connectivity index (χ4v) is 3.54. The number of allylic oxidation sites excluding steroid dienone is 2. The molecule has 1 aromatic carbocycles. The fraction of sp³-hybridized carbons (Fsp3) is 0.300. The molecule has 0 radical (unpaired) electrons. The lowest BCUT2D eigenvalue weighted by Gasteiger charge is -2.14. The number of hydrogen-bond acceptors (Lipinski definition) is 5. The summed E-state index contributed by atoms with van der Waals surface area (Å²) in [4.78, 5) is 42.3. The lowest BCUT2D eigenvalue weighted by atomic mass is 9.85. The van der Waals surface area contributed by atoms with Gasteiger partial charge in [0, 0.05) is 5.39 Å². The summed E-state index contributed by atoms with van der Waals surface area (Å²) in [5.74, 6) is -1.81. The topological polar surface area (TPSA) is 76.6 Å². The monoisotopic (exact) mass is 350 g/mol. The highest BCUT2D eigenvalue weighted by atomic mass is 16.5. The number of carbonyl (C=O) groups excluding carboxylic acids is 3. The van der Waals surface area contributed by atoms with E-state index in [-0.39, 0.29) is 36.8 Å². The number of carbonyl (C=O) groups is 3. The first kappa shape index (κ1) is 16.4. The van der Waals surface area contributed by atoms with Gasteiger partial charge in [-0.1, -0.05) is 36.4 Å². The van der Waals surface area contributed by atoms with Gasteiger partial charge < -0.3 is 4.74 Å². The van der Waals surface area contributed by atoms with E-state index in [1.54, 1.807) is 6.07 Å². The van der Waals surface area contributed by atoms with E-state index >= 15 is 0 Å². The second kappa shape index (κ2) is 6.71. The van der Waals surface area contributed by atoms with Crippen molar-refractivity contribution < 1.29 is 19.1 Å². The number of benzene rings is 1. The van der Waals surface area contributed by atoms with Gasteiger partial charge in [-0.05, 0) is 25.0 Å². The van der Waals surface area contributed by atoms with Crippen LogP contribution in [0.15, 0.2) is 48.6 Å². The van der Waals surface area contributed by atoms with Gasteiger partial charge in [0.1, 0.15) is 13.2 Å². The molecule has 0 bridgehead atoms. The van der Waals surface area contributed by atoms with Gasteiger partial charge >= 0.3 is 5.97 Å². The van der Waals surface area contributed by atoms with E-state index in [9.17, 15) is 14.4 Å². The van der Waals surface area contributed by atoms with Crippen LogP contribution in [0.2, 0.25) is 0 Å². The van der Waals surface area contributed by atoms with Crippen molar-refractivity contribution in [2.24, 2.45) is 11.8 Å². The zero-order valence-corrected chi connectivity index (χ0v) is 14.1. The van der Waals surface area contributed by atoms with Gasteiger partial charge in [0.15, 0.2) is 0 Å². The number of hydrogen-bond donors (Lipinski definition) is 0. The molecule has 0 saturated carbocycles. The molecule has 1 fully saturated rings. The number of amides is 2. The first-order chi connectivity index (χ1) is 12.6. The molecule has 132 valence electrons. The summed E-state index contributed by atoms with van der Waals surface area (Å²) in [6, 6.07) is 11.4. The molecular weight excluding hydrogens is 332 g/mol. The van der Waals surface area contributed by atoms with Gasteiger partial charge in [-0.25, -0.2) is 4.98 Å². The van der Waals surface area contributed by atoms with E-state index in [0.717, 1.165) is 15.8 Å². The third kappa shape index (κ3) is 2.98. The van der Waals surface area contributed by atoms with E-state index in [4.69, 9.17) is 4.74 Å². The predicted octanol–water partition coefficient (Wildman–Crippen LogP) is 2.23. The van der Waals surface area contributed by atoms with E-state index in [2.05, 4.69) is 4.98 Å². The van der Waals surface area contributed by atoms with E-state index in [1.165, 1.54) is 0 Å². The Morgan fingerprint density at radius 2 is 1.73 bits per heavy atom. The number of imide groups is 1. The largest absolute Gasteiger partial charge is 0.458 e. The van der Waals surface area contributed by atoms with E-state index in [1.807, 2.05) is 42.5 Å². The molecule has 26 heavy (non-hydrogen) atoms. The number of rotatable bonds is 4. The highest BCUT2D eigenvalue weighted by molar-refractivity contribution is 6.07. The predicted molar refractivity (Wildman–Crippen MR) is 93.6 cm³/mol. The molecule has 6 heteroatoms. The Morgan fingerprint density at radius 1 is 1.04 bits per heavy atom. The maximum Gasteiger partial charge on any atom is 0.326 e. The quantitative estimate of drug-likeness (QED) is 0.480. The zero-order valence-electron chi connectivity index (χ0n) is 14.1. The van der Waals surface area contributed by atoms with Crippen LogP contribution in [0.1, 0.15) is 18.5 Å². The van der Waals surface area contributed by atoms with Crippen molar-refractivity contribution in [2.75, 3.05) is 6.54 Å². The van der Waals surface area contributed by atoms with Crippen LogP contribution in [0, 0.1) is 11.8 Å². The lowest BCUT2D eigenvalue weighted by molar-refractivity contribution is -0.153. The highest BCUT2D eigenvalue weighted by Gasteiger charge is 2.47. The third-order valence-corrected chi connectivity index (χ3v) is 4.92. The molecular formula is C20H18N2O4. The number of esters is 1. The molecule has 1 aliphatic heterocycles. The van der Waals surface area contributed by atoms with Crippen LogP contribution in [-0.4, -0.2) is 34.2 Å². The van der Waals surface area contributed by atoms with Crippen LogP contribution in [0.4, 0.5) is 0 Å². The van der Waals surface area contributed by atoms with Crippen LogP contribution in [0.25, 0.3) is 10.9 Å². The average Bonchev–Trinajstić information content (AvgIpc) is 2.91. The Bertz CT molecular complexity index is 895. The summed E-state index contributed by atoms with van der Waals surface area (Å²) < 4.78 is 5.23. The molecule has 2 atom stereocenters. The maximum absolute atomic E-state index is 12.4. The zero-order chi connectivity index (χ0) is 18.1. The summed E-state index contributed by atoms with van der Waals surface area (Å²) >= 11 is 0. The van der Waals surface area contributed by atoms with Gasteiger partial charge in [-0.15, -0.1) is 0 Å². The van der Waals surface area contributed by atoms with Crippen LogP contribution >= 0.6 is 0 Å². The minimum absolute atomic E-state index is 0.00824. The Labute approximate surface area is 150 Å². The Morgan fingerprint density at radius 3 is 2.46 bits per heavy atom. The molecule has 1 saturated heterocycles. The van der Waals surface area contributed by atoms with Gasteiger partial charge in [-0.3, -0.25) is 19.3 Å². The minimum atomic E-state index is -0.603. The van der Waals surface area contributed by atoms with Crippen molar-refractivity contribution in [1.82, 2.24) is 9.88 Å². The van der Waals surface area contributed by atoms with Crippen molar-refractivity contribution in [3.05, 3.63) is 54.2 Å². The van der Waals surface area contributed by atoms with Gasteiger partial charge in [-0.2, -0.15) is 0 Å². The first-order valence-corrected chi connectivity index (χ1v) is 8.64. The first-order valence-electron chi connectivity index (χ1n) is 8.64. The second-order valence-corrected chi connectivity index (χ2v) is 6.57. The normalized spacial score (nSPS) is 21.9. The molecule has 0 spiro atoms. The summed E-state index contributed by atoms with van der Waals surface area (Å²) in [6.07, 6.45) is 4.95. The molecule has 0 N–H and O–H groups in total. The number of likely N-dealkylation sites (tertiary alicyclic amines) is 1. The summed E-state index contributed by atoms with van der Waals surface area (Å²) in [7, 11) is 0. The number of pyridine rings is 1.